The third kappa shape index (κ3) is 4.47. The highest BCUT2D eigenvalue weighted by Gasteiger charge is 2.10. The Morgan fingerprint density at radius 2 is 1.68 bits per heavy atom. The van der Waals surface area contributed by atoms with Crippen LogP contribution in [0.4, 0.5) is 5.88 Å². The first-order valence-electron chi connectivity index (χ1n) is 8.04. The largest absolute Gasteiger partial charge is 0.484 e. The number of benzene rings is 2. The van der Waals surface area contributed by atoms with Crippen LogP contribution in [0.25, 0.3) is 11.3 Å². The zero-order valence-corrected chi connectivity index (χ0v) is 14.5. The van der Waals surface area contributed by atoms with Gasteiger partial charge in [0.25, 0.3) is 5.91 Å². The first kappa shape index (κ1) is 16.8. The molecular weight excluding hydrogens is 316 g/mol. The molecule has 0 atom stereocenters. The minimum Gasteiger partial charge on any atom is -0.484 e. The molecule has 128 valence electrons. The molecule has 0 radical (unpaired) electrons. The summed E-state index contributed by atoms with van der Waals surface area (Å²) in [7, 11) is 0. The molecule has 25 heavy (non-hydrogen) atoms. The Labute approximate surface area is 146 Å². The Kier molecular flexibility index (Phi) is 4.84. The van der Waals surface area contributed by atoms with E-state index < -0.39 is 0 Å². The lowest BCUT2D eigenvalue weighted by atomic mass is 10.1. The molecule has 0 saturated carbocycles. The van der Waals surface area contributed by atoms with Gasteiger partial charge in [0.2, 0.25) is 5.88 Å². The lowest BCUT2D eigenvalue weighted by Gasteiger charge is -2.07. The minimum atomic E-state index is -0.300. The van der Waals surface area contributed by atoms with Crippen LogP contribution in [0.2, 0.25) is 0 Å². The van der Waals surface area contributed by atoms with Crippen molar-refractivity contribution in [3.05, 3.63) is 65.2 Å². The van der Waals surface area contributed by atoms with Crippen molar-refractivity contribution < 1.29 is 14.1 Å². The summed E-state index contributed by atoms with van der Waals surface area (Å²) in [5, 5.41) is 6.63. The summed E-state index contributed by atoms with van der Waals surface area (Å²) in [6, 6.07) is 15.5. The Morgan fingerprint density at radius 1 is 1.00 bits per heavy atom. The van der Waals surface area contributed by atoms with Gasteiger partial charge in [-0.15, -0.1) is 0 Å². The van der Waals surface area contributed by atoms with Gasteiger partial charge in [-0.05, 0) is 44.0 Å². The molecule has 0 saturated heterocycles. The summed E-state index contributed by atoms with van der Waals surface area (Å²) in [6.07, 6.45) is 0. The van der Waals surface area contributed by atoms with E-state index in [9.17, 15) is 4.79 Å². The molecule has 1 aromatic heterocycles. The maximum Gasteiger partial charge on any atom is 0.264 e. The zero-order chi connectivity index (χ0) is 17.8. The standard InChI is InChI=1S/C20H20N2O3/c1-13-4-6-16(7-5-13)18-11-20(25-22-18)21-19(23)12-24-17-9-14(2)8-15(3)10-17/h4-11H,12H2,1-3H3,(H,21,23). The third-order valence-corrected chi connectivity index (χ3v) is 3.69. The average Bonchev–Trinajstić information content (AvgIpc) is 3.01. The van der Waals surface area contributed by atoms with Crippen molar-refractivity contribution in [2.75, 3.05) is 11.9 Å². The number of nitrogens with zero attached hydrogens (tertiary/aromatic N) is 1. The maximum absolute atomic E-state index is 12.0. The van der Waals surface area contributed by atoms with Gasteiger partial charge in [0.1, 0.15) is 11.4 Å². The van der Waals surface area contributed by atoms with Gasteiger partial charge in [-0.2, -0.15) is 0 Å². The summed E-state index contributed by atoms with van der Waals surface area (Å²) in [6.45, 7) is 5.90. The number of anilines is 1. The molecule has 0 fully saturated rings. The van der Waals surface area contributed by atoms with Gasteiger partial charge in [-0.25, -0.2) is 0 Å². The van der Waals surface area contributed by atoms with Gasteiger partial charge in [0.15, 0.2) is 6.61 Å². The van der Waals surface area contributed by atoms with Gasteiger partial charge in [0, 0.05) is 11.6 Å². The summed E-state index contributed by atoms with van der Waals surface area (Å²) in [5.41, 5.74) is 4.96. The van der Waals surface area contributed by atoms with Crippen molar-refractivity contribution in [2.45, 2.75) is 20.8 Å². The SMILES string of the molecule is Cc1ccc(-c2cc(NC(=O)COc3cc(C)cc(C)c3)on2)cc1. The molecule has 1 N–H and O–H groups in total. The highest BCUT2D eigenvalue weighted by Crippen LogP contribution is 2.22. The van der Waals surface area contributed by atoms with Gasteiger partial charge in [-0.3, -0.25) is 10.1 Å². The number of hydrogen-bond donors (Lipinski definition) is 1. The van der Waals surface area contributed by atoms with Crippen LogP contribution in [0, 0.1) is 20.8 Å². The van der Waals surface area contributed by atoms with E-state index >= 15 is 0 Å². The lowest BCUT2D eigenvalue weighted by molar-refractivity contribution is -0.118. The van der Waals surface area contributed by atoms with Crippen LogP contribution >= 0.6 is 0 Å². The summed E-state index contributed by atoms with van der Waals surface area (Å²) in [4.78, 5) is 12.0. The molecule has 1 heterocycles. The number of aromatic nitrogens is 1. The number of carbonyl (C=O) groups excluding carboxylic acids is 1. The predicted octanol–water partition coefficient (Wildman–Crippen LogP) is 4.28. The van der Waals surface area contributed by atoms with Gasteiger partial charge in [0.05, 0.1) is 0 Å². The van der Waals surface area contributed by atoms with Crippen LogP contribution in [0.3, 0.4) is 0 Å². The third-order valence-electron chi connectivity index (χ3n) is 3.69. The van der Waals surface area contributed by atoms with Crippen molar-refractivity contribution >= 4 is 11.8 Å². The molecule has 0 unspecified atom stereocenters. The van der Waals surface area contributed by atoms with Crippen LogP contribution in [0.5, 0.6) is 5.75 Å². The Morgan fingerprint density at radius 3 is 2.36 bits per heavy atom. The van der Waals surface area contributed by atoms with Crippen molar-refractivity contribution in [3.63, 3.8) is 0 Å². The van der Waals surface area contributed by atoms with E-state index in [-0.39, 0.29) is 12.5 Å². The predicted molar refractivity (Wildman–Crippen MR) is 96.7 cm³/mol. The quantitative estimate of drug-likeness (QED) is 0.755. The summed E-state index contributed by atoms with van der Waals surface area (Å²) in [5.74, 6) is 0.668. The molecule has 0 aliphatic rings. The number of rotatable bonds is 5. The summed E-state index contributed by atoms with van der Waals surface area (Å²) >= 11 is 0. The van der Waals surface area contributed by atoms with Crippen LogP contribution in [-0.4, -0.2) is 17.7 Å². The fourth-order valence-corrected chi connectivity index (χ4v) is 2.53. The molecule has 5 heteroatoms. The normalized spacial score (nSPS) is 10.5. The minimum absolute atomic E-state index is 0.0938. The van der Waals surface area contributed by atoms with Gasteiger partial charge >= 0.3 is 0 Å². The van der Waals surface area contributed by atoms with Crippen molar-refractivity contribution in [1.82, 2.24) is 5.16 Å². The topological polar surface area (TPSA) is 64.4 Å². The molecule has 0 aliphatic heterocycles. The number of carbonyl (C=O) groups is 1. The highest BCUT2D eigenvalue weighted by atomic mass is 16.5. The molecule has 1 amide bonds. The molecule has 3 aromatic rings. The van der Waals surface area contributed by atoms with Crippen molar-refractivity contribution in [1.29, 1.82) is 0 Å². The van der Waals surface area contributed by atoms with E-state index in [1.807, 2.05) is 63.2 Å². The van der Waals surface area contributed by atoms with E-state index in [1.54, 1.807) is 6.07 Å². The summed E-state index contributed by atoms with van der Waals surface area (Å²) < 4.78 is 10.7. The first-order valence-corrected chi connectivity index (χ1v) is 8.04. The second-order valence-corrected chi connectivity index (χ2v) is 6.10. The number of hydrogen-bond acceptors (Lipinski definition) is 4. The smallest absolute Gasteiger partial charge is 0.264 e. The van der Waals surface area contributed by atoms with E-state index in [1.165, 1.54) is 5.56 Å². The van der Waals surface area contributed by atoms with E-state index in [0.717, 1.165) is 16.7 Å². The molecule has 0 aliphatic carbocycles. The number of aryl methyl sites for hydroxylation is 3. The molecule has 0 spiro atoms. The maximum atomic E-state index is 12.0. The van der Waals surface area contributed by atoms with Gasteiger partial charge < -0.3 is 9.26 Å². The van der Waals surface area contributed by atoms with Gasteiger partial charge in [-0.1, -0.05) is 41.1 Å². The van der Waals surface area contributed by atoms with E-state index in [2.05, 4.69) is 10.5 Å². The lowest BCUT2D eigenvalue weighted by Crippen LogP contribution is -2.19. The zero-order valence-electron chi connectivity index (χ0n) is 14.5. The average molecular weight is 336 g/mol. The second-order valence-electron chi connectivity index (χ2n) is 6.10. The fraction of sp³-hybridized carbons (Fsp3) is 0.200. The molecule has 2 aromatic carbocycles. The van der Waals surface area contributed by atoms with Crippen LogP contribution < -0.4 is 10.1 Å². The van der Waals surface area contributed by atoms with E-state index in [0.29, 0.717) is 17.3 Å². The van der Waals surface area contributed by atoms with Crippen molar-refractivity contribution in [2.24, 2.45) is 0 Å². The Bertz CT molecular complexity index is 862. The van der Waals surface area contributed by atoms with Crippen molar-refractivity contribution in [3.8, 4) is 17.0 Å². The van der Waals surface area contributed by atoms with Crippen LogP contribution in [0.15, 0.2) is 53.1 Å². The fourth-order valence-electron chi connectivity index (χ4n) is 2.53. The molecular formula is C20H20N2O3. The Balaban J connectivity index is 1.59. The molecule has 5 nitrogen and oxygen atoms in total. The number of nitrogens with one attached hydrogen (secondary N) is 1. The molecule has 0 bridgehead atoms. The highest BCUT2D eigenvalue weighted by molar-refractivity contribution is 5.91. The number of amides is 1. The number of ether oxygens (including phenoxy) is 1. The first-order chi connectivity index (χ1) is 12.0. The van der Waals surface area contributed by atoms with Crippen LogP contribution in [-0.2, 0) is 4.79 Å². The second kappa shape index (κ2) is 7.21. The van der Waals surface area contributed by atoms with E-state index in [4.69, 9.17) is 9.26 Å². The Hall–Kier alpha value is -3.08. The molecule has 3 rings (SSSR count). The van der Waals surface area contributed by atoms with Crippen LogP contribution in [0.1, 0.15) is 16.7 Å². The monoisotopic (exact) mass is 336 g/mol.